The van der Waals surface area contributed by atoms with Crippen LogP contribution in [-0.2, 0) is 13.6 Å². The molecule has 0 N–H and O–H groups in total. The van der Waals surface area contributed by atoms with Crippen molar-refractivity contribution in [2.45, 2.75) is 66.6 Å². The summed E-state index contributed by atoms with van der Waals surface area (Å²) in [6.07, 6.45) is 1.85. The predicted molar refractivity (Wildman–Crippen MR) is 69.0 cm³/mol. The van der Waals surface area contributed by atoms with Crippen LogP contribution in [0.1, 0.15) is 54.4 Å². The maximum atomic E-state index is 11.6. The summed E-state index contributed by atoms with van der Waals surface area (Å²) in [6.45, 7) is 12.4. The second kappa shape index (κ2) is 8.27. The highest BCUT2D eigenvalue weighted by Gasteiger charge is 2.13. The van der Waals surface area contributed by atoms with Crippen molar-refractivity contribution in [1.82, 2.24) is 0 Å². The average Bonchev–Trinajstić information content (AvgIpc) is 1.97. The predicted octanol–water partition coefficient (Wildman–Crippen LogP) is 4.28. The lowest BCUT2D eigenvalue weighted by Crippen LogP contribution is -2.11. The van der Waals surface area contributed by atoms with Crippen LogP contribution in [0, 0.1) is 11.8 Å². The molecular formula is C12H27O3P. The van der Waals surface area contributed by atoms with Crippen LogP contribution in [0.2, 0.25) is 0 Å². The molecule has 0 amide bonds. The molecule has 2 unspecified atom stereocenters. The van der Waals surface area contributed by atoms with E-state index < -0.39 is 8.25 Å². The van der Waals surface area contributed by atoms with E-state index in [4.69, 9.17) is 9.05 Å². The third-order valence-electron chi connectivity index (χ3n) is 2.20. The minimum absolute atomic E-state index is 0.0117. The zero-order valence-corrected chi connectivity index (χ0v) is 12.4. The molecule has 0 fully saturated rings. The van der Waals surface area contributed by atoms with E-state index in [2.05, 4.69) is 27.7 Å². The molecule has 4 heteroatoms. The van der Waals surface area contributed by atoms with Crippen molar-refractivity contribution in [2.75, 3.05) is 0 Å². The molecule has 0 bridgehead atoms. The van der Waals surface area contributed by atoms with Gasteiger partial charge in [0.1, 0.15) is 0 Å². The Bertz CT molecular complexity index is 184. The van der Waals surface area contributed by atoms with E-state index in [9.17, 15) is 4.57 Å². The van der Waals surface area contributed by atoms with E-state index in [1.54, 1.807) is 0 Å². The van der Waals surface area contributed by atoms with Gasteiger partial charge in [0.25, 0.3) is 0 Å². The second-order valence-electron chi connectivity index (χ2n) is 5.37. The Morgan fingerprint density at radius 3 is 1.38 bits per heavy atom. The molecule has 98 valence electrons. The highest BCUT2D eigenvalue weighted by molar-refractivity contribution is 7.33. The first-order valence-electron chi connectivity index (χ1n) is 6.18. The summed E-state index contributed by atoms with van der Waals surface area (Å²) in [4.78, 5) is 0. The van der Waals surface area contributed by atoms with Crippen molar-refractivity contribution in [3.63, 3.8) is 0 Å². The summed E-state index contributed by atoms with van der Waals surface area (Å²) in [6, 6.07) is 0. The van der Waals surface area contributed by atoms with Crippen LogP contribution in [0.15, 0.2) is 0 Å². The summed E-state index contributed by atoms with van der Waals surface area (Å²) in [5, 5.41) is 0. The highest BCUT2D eigenvalue weighted by atomic mass is 31.1. The highest BCUT2D eigenvalue weighted by Crippen LogP contribution is 2.31. The molecule has 3 nitrogen and oxygen atoms in total. The first-order chi connectivity index (χ1) is 7.31. The molecule has 0 radical (unpaired) electrons. The Balaban J connectivity index is 3.80. The topological polar surface area (TPSA) is 35.5 Å². The smallest absolute Gasteiger partial charge is 0.308 e. The van der Waals surface area contributed by atoms with Crippen LogP contribution in [0.25, 0.3) is 0 Å². The van der Waals surface area contributed by atoms with Gasteiger partial charge in [0.2, 0.25) is 0 Å². The summed E-state index contributed by atoms with van der Waals surface area (Å²) >= 11 is 0. The molecule has 0 saturated heterocycles. The van der Waals surface area contributed by atoms with Gasteiger partial charge in [0, 0.05) is 0 Å². The van der Waals surface area contributed by atoms with E-state index in [0.29, 0.717) is 11.8 Å². The SMILES string of the molecule is CC(C)CC(C)O[PH](=O)OC(C)CC(C)C. The lowest BCUT2D eigenvalue weighted by molar-refractivity contribution is 0.124. The fraction of sp³-hybridized carbons (Fsp3) is 1.00. The van der Waals surface area contributed by atoms with Gasteiger partial charge in [0.15, 0.2) is 0 Å². The Hall–Kier alpha value is 0.150. The summed E-state index contributed by atoms with van der Waals surface area (Å²) in [5.41, 5.74) is 0. The van der Waals surface area contributed by atoms with Crippen LogP contribution in [0.3, 0.4) is 0 Å². The van der Waals surface area contributed by atoms with Gasteiger partial charge < -0.3 is 9.05 Å². The maximum absolute atomic E-state index is 11.6. The molecule has 0 spiro atoms. The van der Waals surface area contributed by atoms with Gasteiger partial charge in [-0.2, -0.15) is 0 Å². The number of rotatable bonds is 8. The molecule has 0 saturated carbocycles. The zero-order chi connectivity index (χ0) is 12.7. The molecule has 0 aromatic rings. The molecule has 0 aromatic carbocycles. The third kappa shape index (κ3) is 9.38. The summed E-state index contributed by atoms with van der Waals surface area (Å²) in [5.74, 6) is 1.11. The number of hydrogen-bond acceptors (Lipinski definition) is 3. The molecular weight excluding hydrogens is 223 g/mol. The van der Waals surface area contributed by atoms with Crippen LogP contribution < -0.4 is 0 Å². The van der Waals surface area contributed by atoms with E-state index in [-0.39, 0.29) is 12.2 Å². The summed E-state index contributed by atoms with van der Waals surface area (Å²) < 4.78 is 22.2. The molecule has 0 aliphatic heterocycles. The quantitative estimate of drug-likeness (QED) is 0.603. The van der Waals surface area contributed by atoms with Gasteiger partial charge in [-0.1, -0.05) is 27.7 Å². The van der Waals surface area contributed by atoms with E-state index >= 15 is 0 Å². The fourth-order valence-electron chi connectivity index (χ4n) is 1.78. The van der Waals surface area contributed by atoms with Gasteiger partial charge in [-0.05, 0) is 38.5 Å². The molecule has 0 rings (SSSR count). The minimum atomic E-state index is -2.33. The first-order valence-corrected chi connectivity index (χ1v) is 7.41. The Morgan fingerprint density at radius 2 is 1.12 bits per heavy atom. The van der Waals surface area contributed by atoms with Crippen LogP contribution in [0.4, 0.5) is 0 Å². The zero-order valence-electron chi connectivity index (χ0n) is 11.4. The van der Waals surface area contributed by atoms with Crippen molar-refractivity contribution in [2.24, 2.45) is 11.8 Å². The van der Waals surface area contributed by atoms with Gasteiger partial charge in [-0.15, -0.1) is 0 Å². The maximum Gasteiger partial charge on any atom is 0.319 e. The van der Waals surface area contributed by atoms with Crippen molar-refractivity contribution in [3.05, 3.63) is 0 Å². The minimum Gasteiger partial charge on any atom is -0.308 e. The molecule has 0 aliphatic rings. The van der Waals surface area contributed by atoms with Crippen molar-refractivity contribution in [1.29, 1.82) is 0 Å². The van der Waals surface area contributed by atoms with E-state index in [1.807, 2.05) is 13.8 Å². The standard InChI is InChI=1S/C12H27O3P/c1-9(2)7-11(5)14-16(13)15-12(6)8-10(3)4/h9-12,16H,7-8H2,1-6H3. The lowest BCUT2D eigenvalue weighted by atomic mass is 10.1. The normalized spacial score (nSPS) is 17.8. The third-order valence-corrected chi connectivity index (χ3v) is 3.39. The molecule has 0 aromatic heterocycles. The lowest BCUT2D eigenvalue weighted by Gasteiger charge is -2.18. The molecule has 2 atom stereocenters. The Kier molecular flexibility index (Phi) is 8.35. The van der Waals surface area contributed by atoms with Crippen molar-refractivity contribution < 1.29 is 13.6 Å². The Morgan fingerprint density at radius 1 is 0.812 bits per heavy atom. The van der Waals surface area contributed by atoms with Crippen molar-refractivity contribution in [3.8, 4) is 0 Å². The molecule has 0 aliphatic carbocycles. The van der Waals surface area contributed by atoms with Gasteiger partial charge in [-0.25, -0.2) is 0 Å². The van der Waals surface area contributed by atoms with Gasteiger partial charge in [0.05, 0.1) is 12.2 Å². The summed E-state index contributed by atoms with van der Waals surface area (Å²) in [7, 11) is -2.33. The van der Waals surface area contributed by atoms with Gasteiger partial charge in [-0.3, -0.25) is 4.57 Å². The average molecular weight is 250 g/mol. The van der Waals surface area contributed by atoms with Crippen LogP contribution in [0.5, 0.6) is 0 Å². The Labute approximate surface area is 101 Å². The monoisotopic (exact) mass is 250 g/mol. The first kappa shape index (κ1) is 16.1. The van der Waals surface area contributed by atoms with E-state index in [0.717, 1.165) is 12.8 Å². The number of hydrogen-bond donors (Lipinski definition) is 0. The van der Waals surface area contributed by atoms with Crippen molar-refractivity contribution >= 4 is 8.25 Å². The fourth-order valence-corrected chi connectivity index (χ4v) is 2.69. The molecule has 0 heterocycles. The second-order valence-corrected chi connectivity index (χ2v) is 6.34. The van der Waals surface area contributed by atoms with Gasteiger partial charge >= 0.3 is 8.25 Å². The largest absolute Gasteiger partial charge is 0.319 e. The van der Waals surface area contributed by atoms with E-state index in [1.165, 1.54) is 0 Å². The van der Waals surface area contributed by atoms with Crippen LogP contribution >= 0.6 is 8.25 Å². The van der Waals surface area contributed by atoms with Crippen LogP contribution in [-0.4, -0.2) is 12.2 Å². The molecule has 16 heavy (non-hydrogen) atoms.